The third-order valence-corrected chi connectivity index (χ3v) is 4.78. The van der Waals surface area contributed by atoms with Gasteiger partial charge < -0.3 is 11.1 Å². The Morgan fingerprint density at radius 3 is 2.30 bits per heavy atom. The number of nitrogens with two attached hydrogens (primary N) is 1. The molecule has 0 spiro atoms. The lowest BCUT2D eigenvalue weighted by Crippen LogP contribution is -2.29. The lowest BCUT2D eigenvalue weighted by molar-refractivity contribution is -0.119. The molecule has 0 radical (unpaired) electrons. The predicted octanol–water partition coefficient (Wildman–Crippen LogP) is 4.57. The fourth-order valence-electron chi connectivity index (χ4n) is 3.59. The smallest absolute Gasteiger partial charge is 0.232 e. The molecule has 1 amide bonds. The summed E-state index contributed by atoms with van der Waals surface area (Å²) in [5, 5.41) is 3.04. The van der Waals surface area contributed by atoms with Crippen LogP contribution in [0, 0.1) is 5.92 Å². The number of nitrogen functional groups attached to an aromatic ring is 1. The van der Waals surface area contributed by atoms with Crippen molar-refractivity contribution in [3.8, 4) is 0 Å². The number of rotatable bonds is 4. The van der Waals surface area contributed by atoms with Gasteiger partial charge in [0.25, 0.3) is 0 Å². The van der Waals surface area contributed by atoms with E-state index in [1.54, 1.807) is 0 Å². The maximum atomic E-state index is 13.0. The highest BCUT2D eigenvalue weighted by Gasteiger charge is 2.31. The quantitative estimate of drug-likeness (QED) is 0.813. The molecule has 1 aliphatic carbocycles. The molecule has 3 heteroatoms. The van der Waals surface area contributed by atoms with Crippen LogP contribution in [0.25, 0.3) is 0 Å². The van der Waals surface area contributed by atoms with Gasteiger partial charge in [0.15, 0.2) is 0 Å². The molecule has 0 saturated heterocycles. The second kappa shape index (κ2) is 7.32. The third-order valence-electron chi connectivity index (χ3n) is 4.78. The Balaban J connectivity index is 1.85. The van der Waals surface area contributed by atoms with Crippen LogP contribution in [0.5, 0.6) is 0 Å². The number of hydrogen-bond donors (Lipinski definition) is 2. The van der Waals surface area contributed by atoms with Gasteiger partial charge in [-0.2, -0.15) is 0 Å². The molecule has 120 valence electrons. The van der Waals surface area contributed by atoms with Crippen molar-refractivity contribution in [3.05, 3.63) is 60.2 Å². The van der Waals surface area contributed by atoms with E-state index in [0.717, 1.165) is 18.4 Å². The van der Waals surface area contributed by atoms with Crippen molar-refractivity contribution in [1.82, 2.24) is 0 Å². The van der Waals surface area contributed by atoms with Crippen molar-refractivity contribution < 1.29 is 4.79 Å². The first kappa shape index (κ1) is 15.6. The summed E-state index contributed by atoms with van der Waals surface area (Å²) in [5.41, 5.74) is 8.39. The van der Waals surface area contributed by atoms with E-state index in [0.29, 0.717) is 17.3 Å². The summed E-state index contributed by atoms with van der Waals surface area (Å²) in [6, 6.07) is 17.6. The first-order valence-electron chi connectivity index (χ1n) is 8.46. The molecule has 0 bridgehead atoms. The van der Waals surface area contributed by atoms with Gasteiger partial charge in [-0.15, -0.1) is 0 Å². The zero-order valence-electron chi connectivity index (χ0n) is 13.4. The van der Waals surface area contributed by atoms with Crippen molar-refractivity contribution in [2.75, 3.05) is 11.1 Å². The van der Waals surface area contributed by atoms with E-state index in [4.69, 9.17) is 5.73 Å². The summed E-state index contributed by atoms with van der Waals surface area (Å²) in [7, 11) is 0. The van der Waals surface area contributed by atoms with Crippen LogP contribution in [-0.4, -0.2) is 5.91 Å². The van der Waals surface area contributed by atoms with E-state index >= 15 is 0 Å². The summed E-state index contributed by atoms with van der Waals surface area (Å²) >= 11 is 0. The topological polar surface area (TPSA) is 55.1 Å². The van der Waals surface area contributed by atoms with E-state index in [9.17, 15) is 4.79 Å². The van der Waals surface area contributed by atoms with Crippen LogP contribution in [0.2, 0.25) is 0 Å². The summed E-state index contributed by atoms with van der Waals surface area (Å²) in [5.74, 6) is 0.369. The number of carbonyl (C=O) groups is 1. The lowest BCUT2D eigenvalue weighted by atomic mass is 9.76. The summed E-state index contributed by atoms with van der Waals surface area (Å²) < 4.78 is 0. The van der Waals surface area contributed by atoms with Gasteiger partial charge in [0, 0.05) is 0 Å². The second-order valence-corrected chi connectivity index (χ2v) is 6.36. The van der Waals surface area contributed by atoms with E-state index in [-0.39, 0.29) is 11.8 Å². The lowest BCUT2D eigenvalue weighted by Gasteiger charge is -2.30. The van der Waals surface area contributed by atoms with Crippen LogP contribution in [0.4, 0.5) is 11.4 Å². The van der Waals surface area contributed by atoms with Crippen LogP contribution in [-0.2, 0) is 4.79 Å². The zero-order valence-corrected chi connectivity index (χ0v) is 13.4. The molecule has 2 aromatic rings. The van der Waals surface area contributed by atoms with E-state index in [2.05, 4.69) is 17.4 Å². The maximum Gasteiger partial charge on any atom is 0.232 e. The molecule has 0 aliphatic heterocycles. The highest BCUT2D eigenvalue weighted by atomic mass is 16.1. The molecule has 1 unspecified atom stereocenters. The van der Waals surface area contributed by atoms with Gasteiger partial charge in [-0.25, -0.2) is 0 Å². The highest BCUT2D eigenvalue weighted by molar-refractivity contribution is 5.98. The average Bonchev–Trinajstić information content (AvgIpc) is 2.59. The number of nitrogens with one attached hydrogen (secondary N) is 1. The molecule has 0 heterocycles. The van der Waals surface area contributed by atoms with Crippen molar-refractivity contribution >= 4 is 17.3 Å². The van der Waals surface area contributed by atoms with E-state index < -0.39 is 0 Å². The summed E-state index contributed by atoms with van der Waals surface area (Å²) in [4.78, 5) is 13.0. The largest absolute Gasteiger partial charge is 0.397 e. The number of anilines is 2. The molecular formula is C20H24N2O. The minimum absolute atomic E-state index is 0.0565. The van der Waals surface area contributed by atoms with Gasteiger partial charge in [0.1, 0.15) is 0 Å². The van der Waals surface area contributed by atoms with Crippen molar-refractivity contribution in [3.63, 3.8) is 0 Å². The SMILES string of the molecule is Nc1ccccc1NC(=O)C(c1ccccc1)C1CCCCC1. The number of hydrogen-bond acceptors (Lipinski definition) is 2. The normalized spacial score (nSPS) is 16.7. The number of benzene rings is 2. The van der Waals surface area contributed by atoms with Crippen molar-refractivity contribution in [1.29, 1.82) is 0 Å². The number of para-hydroxylation sites is 2. The Hall–Kier alpha value is -2.29. The molecule has 1 aliphatic rings. The van der Waals surface area contributed by atoms with Crippen molar-refractivity contribution in [2.24, 2.45) is 5.92 Å². The van der Waals surface area contributed by atoms with Gasteiger partial charge in [0.2, 0.25) is 5.91 Å². The highest BCUT2D eigenvalue weighted by Crippen LogP contribution is 2.37. The fraction of sp³-hybridized carbons (Fsp3) is 0.350. The molecule has 0 aromatic heterocycles. The summed E-state index contributed by atoms with van der Waals surface area (Å²) in [6.07, 6.45) is 5.96. The standard InChI is InChI=1S/C20H24N2O/c21-17-13-7-8-14-18(17)22-20(23)19(15-9-3-1-4-10-15)16-11-5-2-6-12-16/h1,3-4,7-10,13-14,16,19H,2,5-6,11-12,21H2,(H,22,23). The van der Waals surface area contributed by atoms with Gasteiger partial charge in [0.05, 0.1) is 17.3 Å². The second-order valence-electron chi connectivity index (χ2n) is 6.36. The Labute approximate surface area is 137 Å². The molecule has 2 aromatic carbocycles. The van der Waals surface area contributed by atoms with E-state index in [1.165, 1.54) is 19.3 Å². The van der Waals surface area contributed by atoms with Crippen LogP contribution in [0.1, 0.15) is 43.6 Å². The predicted molar refractivity (Wildman–Crippen MR) is 95.2 cm³/mol. The minimum atomic E-state index is -0.101. The Kier molecular flexibility index (Phi) is 4.96. The first-order valence-corrected chi connectivity index (χ1v) is 8.46. The molecule has 1 saturated carbocycles. The molecule has 3 N–H and O–H groups in total. The van der Waals surface area contributed by atoms with Gasteiger partial charge in [-0.05, 0) is 36.5 Å². The number of amides is 1. The van der Waals surface area contributed by atoms with Gasteiger partial charge in [-0.1, -0.05) is 61.7 Å². The Bertz CT molecular complexity index is 648. The van der Waals surface area contributed by atoms with Crippen LogP contribution >= 0.6 is 0 Å². The monoisotopic (exact) mass is 308 g/mol. The summed E-state index contributed by atoms with van der Waals surface area (Å²) in [6.45, 7) is 0. The van der Waals surface area contributed by atoms with Crippen LogP contribution < -0.4 is 11.1 Å². The van der Waals surface area contributed by atoms with Crippen LogP contribution in [0.3, 0.4) is 0 Å². The molecular weight excluding hydrogens is 284 g/mol. The van der Waals surface area contributed by atoms with Crippen LogP contribution in [0.15, 0.2) is 54.6 Å². The first-order chi connectivity index (χ1) is 11.3. The third kappa shape index (κ3) is 3.73. The van der Waals surface area contributed by atoms with Gasteiger partial charge >= 0.3 is 0 Å². The maximum absolute atomic E-state index is 13.0. The van der Waals surface area contributed by atoms with E-state index in [1.807, 2.05) is 42.5 Å². The Morgan fingerprint density at radius 2 is 1.61 bits per heavy atom. The Morgan fingerprint density at radius 1 is 0.957 bits per heavy atom. The molecule has 1 atom stereocenters. The molecule has 1 fully saturated rings. The van der Waals surface area contributed by atoms with Gasteiger partial charge in [-0.3, -0.25) is 4.79 Å². The average molecular weight is 308 g/mol. The molecule has 3 rings (SSSR count). The molecule has 23 heavy (non-hydrogen) atoms. The number of carbonyl (C=O) groups excluding carboxylic acids is 1. The van der Waals surface area contributed by atoms with Crippen molar-refractivity contribution in [2.45, 2.75) is 38.0 Å². The molecule has 3 nitrogen and oxygen atoms in total. The minimum Gasteiger partial charge on any atom is -0.397 e. The fourth-order valence-corrected chi connectivity index (χ4v) is 3.59. The zero-order chi connectivity index (χ0) is 16.1.